The van der Waals surface area contributed by atoms with E-state index < -0.39 is 0 Å². The van der Waals surface area contributed by atoms with Gasteiger partial charge in [0.25, 0.3) is 5.91 Å². The van der Waals surface area contributed by atoms with Crippen molar-refractivity contribution in [3.05, 3.63) is 29.0 Å². The van der Waals surface area contributed by atoms with Crippen LogP contribution in [0.4, 0.5) is 0 Å². The Bertz CT molecular complexity index is 424. The Labute approximate surface area is 112 Å². The Kier molecular flexibility index (Phi) is 4.55. The summed E-state index contributed by atoms with van der Waals surface area (Å²) >= 11 is 5.78. The first-order chi connectivity index (χ1) is 8.69. The minimum absolute atomic E-state index is 0.0674. The van der Waals surface area contributed by atoms with Crippen molar-refractivity contribution < 1.29 is 4.79 Å². The number of nitrogens with zero attached hydrogens (tertiary/aromatic N) is 2. The molecular formula is C13H18ClN3O. The Morgan fingerprint density at radius 1 is 1.67 bits per heavy atom. The highest BCUT2D eigenvalue weighted by atomic mass is 35.5. The molecule has 1 aliphatic rings. The number of aromatic nitrogens is 1. The molecule has 0 bridgehead atoms. The van der Waals surface area contributed by atoms with E-state index in [-0.39, 0.29) is 11.9 Å². The average molecular weight is 268 g/mol. The molecule has 1 aromatic rings. The third-order valence-corrected chi connectivity index (χ3v) is 3.48. The molecule has 1 N–H and O–H groups in total. The number of nitrogens with one attached hydrogen (secondary N) is 1. The van der Waals surface area contributed by atoms with Gasteiger partial charge in [-0.15, -0.1) is 0 Å². The topological polar surface area (TPSA) is 45.2 Å². The van der Waals surface area contributed by atoms with Crippen LogP contribution in [0.2, 0.25) is 5.15 Å². The van der Waals surface area contributed by atoms with Crippen molar-refractivity contribution in [3.8, 4) is 0 Å². The van der Waals surface area contributed by atoms with Gasteiger partial charge in [0.05, 0.1) is 0 Å². The van der Waals surface area contributed by atoms with Gasteiger partial charge in [-0.3, -0.25) is 4.79 Å². The van der Waals surface area contributed by atoms with Crippen molar-refractivity contribution in [2.45, 2.75) is 25.8 Å². The fourth-order valence-electron chi connectivity index (χ4n) is 2.27. The number of amides is 1. The van der Waals surface area contributed by atoms with Gasteiger partial charge in [0.2, 0.25) is 0 Å². The molecule has 4 nitrogen and oxygen atoms in total. The summed E-state index contributed by atoms with van der Waals surface area (Å²) in [5.74, 6) is -0.0674. The maximum atomic E-state index is 12.0. The minimum Gasteiger partial charge on any atom is -0.348 e. The summed E-state index contributed by atoms with van der Waals surface area (Å²) in [7, 11) is 0. The molecule has 0 aromatic carbocycles. The number of carbonyl (C=O) groups is 1. The third-order valence-electron chi connectivity index (χ3n) is 3.28. The molecular weight excluding hydrogens is 250 g/mol. The molecule has 1 saturated heterocycles. The number of likely N-dealkylation sites (tertiary alicyclic amines) is 1. The summed E-state index contributed by atoms with van der Waals surface area (Å²) in [5.41, 5.74) is 0.573. The highest BCUT2D eigenvalue weighted by molar-refractivity contribution is 6.29. The van der Waals surface area contributed by atoms with Crippen LogP contribution in [0, 0.1) is 0 Å². The van der Waals surface area contributed by atoms with E-state index in [1.165, 1.54) is 0 Å². The lowest BCUT2D eigenvalue weighted by molar-refractivity contribution is 0.0905. The molecule has 1 amide bonds. The van der Waals surface area contributed by atoms with Gasteiger partial charge < -0.3 is 10.2 Å². The second-order valence-electron chi connectivity index (χ2n) is 4.57. The lowest BCUT2D eigenvalue weighted by Gasteiger charge is -2.32. The monoisotopic (exact) mass is 267 g/mol. The Balaban J connectivity index is 1.95. The Morgan fingerprint density at radius 2 is 2.50 bits per heavy atom. The predicted octanol–water partition coefficient (Wildman–Crippen LogP) is 1.95. The van der Waals surface area contributed by atoms with E-state index in [0.29, 0.717) is 10.7 Å². The van der Waals surface area contributed by atoms with Gasteiger partial charge in [0.15, 0.2) is 0 Å². The van der Waals surface area contributed by atoms with Crippen molar-refractivity contribution in [2.75, 3.05) is 19.6 Å². The number of pyridine rings is 1. The molecule has 1 atom stereocenters. The number of carbonyl (C=O) groups excluding carboxylic acids is 1. The molecule has 2 rings (SSSR count). The maximum Gasteiger partial charge on any atom is 0.251 e. The molecule has 0 aliphatic carbocycles. The van der Waals surface area contributed by atoms with E-state index in [4.69, 9.17) is 11.6 Å². The predicted molar refractivity (Wildman–Crippen MR) is 71.8 cm³/mol. The van der Waals surface area contributed by atoms with Crippen LogP contribution >= 0.6 is 11.6 Å². The number of likely N-dealkylation sites (N-methyl/N-ethyl adjacent to an activating group) is 1. The first-order valence-corrected chi connectivity index (χ1v) is 6.71. The first kappa shape index (κ1) is 13.3. The highest BCUT2D eigenvalue weighted by Gasteiger charge is 2.20. The molecule has 18 heavy (non-hydrogen) atoms. The van der Waals surface area contributed by atoms with E-state index in [1.807, 2.05) is 0 Å². The molecule has 0 saturated carbocycles. The van der Waals surface area contributed by atoms with Crippen LogP contribution in [0.1, 0.15) is 30.1 Å². The second kappa shape index (κ2) is 6.16. The van der Waals surface area contributed by atoms with E-state index in [0.717, 1.165) is 32.5 Å². The van der Waals surface area contributed by atoms with Crippen LogP contribution in [-0.4, -0.2) is 41.5 Å². The van der Waals surface area contributed by atoms with Crippen molar-refractivity contribution >= 4 is 17.5 Å². The molecule has 1 fully saturated rings. The van der Waals surface area contributed by atoms with Crippen LogP contribution < -0.4 is 5.32 Å². The van der Waals surface area contributed by atoms with Gasteiger partial charge in [-0.05, 0) is 38.1 Å². The van der Waals surface area contributed by atoms with Gasteiger partial charge >= 0.3 is 0 Å². The molecule has 2 heterocycles. The van der Waals surface area contributed by atoms with Crippen LogP contribution in [-0.2, 0) is 0 Å². The van der Waals surface area contributed by atoms with Crippen molar-refractivity contribution in [1.82, 2.24) is 15.2 Å². The number of rotatable bonds is 3. The summed E-state index contributed by atoms with van der Waals surface area (Å²) in [6.45, 7) is 5.24. The first-order valence-electron chi connectivity index (χ1n) is 6.34. The summed E-state index contributed by atoms with van der Waals surface area (Å²) in [4.78, 5) is 18.3. The molecule has 1 aliphatic heterocycles. The van der Waals surface area contributed by atoms with Crippen molar-refractivity contribution in [2.24, 2.45) is 0 Å². The number of hydrogen-bond donors (Lipinski definition) is 1. The highest BCUT2D eigenvalue weighted by Crippen LogP contribution is 2.11. The zero-order chi connectivity index (χ0) is 13.0. The van der Waals surface area contributed by atoms with Gasteiger partial charge in [-0.25, -0.2) is 4.98 Å². The van der Waals surface area contributed by atoms with Crippen molar-refractivity contribution in [1.29, 1.82) is 0 Å². The lowest BCUT2D eigenvalue weighted by Crippen LogP contribution is -2.47. The van der Waals surface area contributed by atoms with E-state index in [1.54, 1.807) is 18.3 Å². The summed E-state index contributed by atoms with van der Waals surface area (Å²) in [5, 5.41) is 3.41. The third kappa shape index (κ3) is 3.43. The second-order valence-corrected chi connectivity index (χ2v) is 4.96. The Hall–Kier alpha value is -1.13. The maximum absolute atomic E-state index is 12.0. The average Bonchev–Trinajstić information content (AvgIpc) is 2.39. The molecule has 1 aromatic heterocycles. The number of hydrogen-bond acceptors (Lipinski definition) is 3. The van der Waals surface area contributed by atoms with Gasteiger partial charge in [-0.2, -0.15) is 0 Å². The van der Waals surface area contributed by atoms with Crippen LogP contribution in [0.25, 0.3) is 0 Å². The molecule has 1 unspecified atom stereocenters. The van der Waals surface area contributed by atoms with Crippen LogP contribution in [0.3, 0.4) is 0 Å². The molecule has 0 spiro atoms. The molecule has 5 heteroatoms. The van der Waals surface area contributed by atoms with Crippen LogP contribution in [0.15, 0.2) is 18.3 Å². The standard InChI is InChI=1S/C13H18ClN3O/c1-2-17-7-3-4-11(9-17)16-13(18)10-5-6-15-12(14)8-10/h5-6,8,11H,2-4,7,9H2,1H3,(H,16,18). The fourth-order valence-corrected chi connectivity index (χ4v) is 2.45. The Morgan fingerprint density at radius 3 is 3.22 bits per heavy atom. The van der Waals surface area contributed by atoms with E-state index >= 15 is 0 Å². The largest absolute Gasteiger partial charge is 0.348 e. The zero-order valence-corrected chi connectivity index (χ0v) is 11.3. The van der Waals surface area contributed by atoms with Gasteiger partial charge in [0.1, 0.15) is 5.15 Å². The summed E-state index contributed by atoms with van der Waals surface area (Å²) < 4.78 is 0. The molecule has 98 valence electrons. The number of halogens is 1. The number of piperidine rings is 1. The van der Waals surface area contributed by atoms with Gasteiger partial charge in [-0.1, -0.05) is 18.5 Å². The van der Waals surface area contributed by atoms with Crippen LogP contribution in [0.5, 0.6) is 0 Å². The van der Waals surface area contributed by atoms with E-state index in [9.17, 15) is 4.79 Å². The zero-order valence-electron chi connectivity index (χ0n) is 10.5. The van der Waals surface area contributed by atoms with Gasteiger partial charge in [0, 0.05) is 24.3 Å². The normalized spacial score (nSPS) is 20.7. The quantitative estimate of drug-likeness (QED) is 0.852. The molecule has 0 radical (unpaired) electrons. The van der Waals surface area contributed by atoms with E-state index in [2.05, 4.69) is 22.1 Å². The fraction of sp³-hybridized carbons (Fsp3) is 0.538. The van der Waals surface area contributed by atoms with Crippen molar-refractivity contribution in [3.63, 3.8) is 0 Å². The smallest absolute Gasteiger partial charge is 0.251 e. The minimum atomic E-state index is -0.0674. The lowest BCUT2D eigenvalue weighted by atomic mass is 10.1. The summed E-state index contributed by atoms with van der Waals surface area (Å²) in [6.07, 6.45) is 3.73. The SMILES string of the molecule is CCN1CCCC(NC(=O)c2ccnc(Cl)c2)C1. The summed E-state index contributed by atoms with van der Waals surface area (Å²) in [6, 6.07) is 3.51.